The maximum atomic E-state index is 13.3. The van der Waals surface area contributed by atoms with Gasteiger partial charge < -0.3 is 23.7 Å². The Kier molecular flexibility index (Phi) is 9.06. The van der Waals surface area contributed by atoms with E-state index >= 15 is 0 Å². The number of nitrogens with zero attached hydrogens (tertiary/aromatic N) is 1. The molecule has 0 N–H and O–H groups in total. The van der Waals surface area contributed by atoms with Crippen molar-refractivity contribution >= 4 is 18.0 Å². The number of methoxy groups -OCH3 is 2. The molecule has 1 heterocycles. The fraction of sp³-hybridized carbons (Fsp3) is 0.444. The predicted octanol–water partition coefficient (Wildman–Crippen LogP) is 3.49. The van der Waals surface area contributed by atoms with Gasteiger partial charge in [-0.2, -0.15) is 0 Å². The molecule has 36 heavy (non-hydrogen) atoms. The Hall–Kier alpha value is -3.43. The summed E-state index contributed by atoms with van der Waals surface area (Å²) < 4.78 is 28.0. The highest BCUT2D eigenvalue weighted by molar-refractivity contribution is 5.89. The van der Waals surface area contributed by atoms with Crippen molar-refractivity contribution in [3.63, 3.8) is 0 Å². The maximum absolute atomic E-state index is 13.3. The Labute approximate surface area is 211 Å². The molecule has 1 saturated heterocycles. The summed E-state index contributed by atoms with van der Waals surface area (Å²) in [5.41, 5.74) is 0.795. The van der Waals surface area contributed by atoms with E-state index in [2.05, 4.69) is 0 Å². The molecular weight excluding hydrogens is 466 g/mol. The molecule has 1 amide bonds. The number of hydrogen-bond donors (Lipinski definition) is 0. The van der Waals surface area contributed by atoms with E-state index in [4.69, 9.17) is 23.7 Å². The fourth-order valence-electron chi connectivity index (χ4n) is 4.03. The molecule has 0 aromatic heterocycles. The van der Waals surface area contributed by atoms with Crippen molar-refractivity contribution in [1.82, 2.24) is 4.90 Å². The van der Waals surface area contributed by atoms with Crippen molar-refractivity contribution in [2.24, 2.45) is 0 Å². The molecule has 194 valence electrons. The Morgan fingerprint density at radius 3 is 1.44 bits per heavy atom. The summed E-state index contributed by atoms with van der Waals surface area (Å²) in [5.74, 6) is -1.53. The third kappa shape index (κ3) is 6.61. The molecule has 0 aliphatic carbocycles. The summed E-state index contributed by atoms with van der Waals surface area (Å²) in [6.45, 7) is 5.29. The Morgan fingerprint density at radius 1 is 0.722 bits per heavy atom. The molecule has 1 fully saturated rings. The van der Waals surface area contributed by atoms with Gasteiger partial charge in [-0.05, 0) is 31.9 Å². The van der Waals surface area contributed by atoms with Crippen LogP contribution in [0.15, 0.2) is 60.7 Å². The van der Waals surface area contributed by atoms with Crippen LogP contribution in [0.5, 0.6) is 0 Å². The van der Waals surface area contributed by atoms with Gasteiger partial charge in [0.25, 0.3) is 0 Å². The zero-order chi connectivity index (χ0) is 26.3. The number of carbonyl (C=O) groups is 3. The molecule has 0 bridgehead atoms. The number of carbonyl (C=O) groups excluding carboxylic acids is 3. The smallest absolute Gasteiger partial charge is 0.411 e. The first-order chi connectivity index (χ1) is 17.2. The molecule has 9 nitrogen and oxygen atoms in total. The number of ether oxygens (including phenoxy) is 5. The maximum Gasteiger partial charge on any atom is 0.411 e. The van der Waals surface area contributed by atoms with Crippen LogP contribution in [-0.2, 0) is 46.5 Å². The van der Waals surface area contributed by atoms with Gasteiger partial charge in [-0.3, -0.25) is 4.90 Å². The standard InChI is InChI=1S/C27H33NO8/c1-27(2,3)36-26(31)28-20(24(29)32-4)22(34-16-18-12-8-6-9-13-18)23(21(28)25(30)33-5)35-17-19-14-10-7-11-15-19/h6-15,20-23H,16-17H2,1-5H3/t20-,21-,22-,23-/m1/s1. The van der Waals surface area contributed by atoms with E-state index < -0.39 is 47.9 Å². The van der Waals surface area contributed by atoms with Crippen molar-refractivity contribution in [2.45, 2.75) is 63.9 Å². The molecule has 2 aromatic carbocycles. The summed E-state index contributed by atoms with van der Waals surface area (Å²) in [6.07, 6.45) is -2.97. The molecule has 2 aromatic rings. The fourth-order valence-corrected chi connectivity index (χ4v) is 4.03. The van der Waals surface area contributed by atoms with Gasteiger partial charge in [-0.15, -0.1) is 0 Å². The van der Waals surface area contributed by atoms with Crippen molar-refractivity contribution in [3.8, 4) is 0 Å². The highest BCUT2D eigenvalue weighted by atomic mass is 16.6. The van der Waals surface area contributed by atoms with E-state index in [0.717, 1.165) is 16.0 Å². The van der Waals surface area contributed by atoms with Gasteiger partial charge >= 0.3 is 18.0 Å². The van der Waals surface area contributed by atoms with Crippen LogP contribution >= 0.6 is 0 Å². The molecule has 0 unspecified atom stereocenters. The number of hydrogen-bond acceptors (Lipinski definition) is 8. The van der Waals surface area contributed by atoms with Gasteiger partial charge in [0.2, 0.25) is 0 Å². The molecule has 0 radical (unpaired) electrons. The van der Waals surface area contributed by atoms with Crippen molar-refractivity contribution < 1.29 is 38.1 Å². The molecule has 1 aliphatic heterocycles. The Balaban J connectivity index is 2.03. The lowest BCUT2D eigenvalue weighted by Gasteiger charge is -2.30. The minimum Gasteiger partial charge on any atom is -0.467 e. The van der Waals surface area contributed by atoms with Crippen molar-refractivity contribution in [2.75, 3.05) is 14.2 Å². The van der Waals surface area contributed by atoms with Gasteiger partial charge in [0.1, 0.15) is 17.8 Å². The summed E-state index contributed by atoms with van der Waals surface area (Å²) in [4.78, 5) is 40.4. The molecule has 1 aliphatic rings. The predicted molar refractivity (Wildman–Crippen MR) is 130 cm³/mol. The average molecular weight is 500 g/mol. The monoisotopic (exact) mass is 499 g/mol. The summed E-state index contributed by atoms with van der Waals surface area (Å²) in [6, 6.07) is 16.0. The van der Waals surface area contributed by atoms with Gasteiger partial charge in [-0.1, -0.05) is 60.7 Å². The van der Waals surface area contributed by atoms with Crippen molar-refractivity contribution in [3.05, 3.63) is 71.8 Å². The summed E-state index contributed by atoms with van der Waals surface area (Å²) in [7, 11) is 2.41. The minimum atomic E-state index is -1.31. The topological polar surface area (TPSA) is 101 Å². The molecule has 4 atom stereocenters. The van der Waals surface area contributed by atoms with Gasteiger partial charge in [0, 0.05) is 0 Å². The first-order valence-electron chi connectivity index (χ1n) is 11.6. The zero-order valence-corrected chi connectivity index (χ0v) is 21.2. The largest absolute Gasteiger partial charge is 0.467 e. The lowest BCUT2D eigenvalue weighted by Crippen LogP contribution is -2.52. The Morgan fingerprint density at radius 2 is 1.11 bits per heavy atom. The summed E-state index contributed by atoms with van der Waals surface area (Å²) >= 11 is 0. The molecule has 3 rings (SSSR count). The Bertz CT molecular complexity index is 952. The molecule has 0 saturated carbocycles. The first-order valence-corrected chi connectivity index (χ1v) is 11.6. The number of rotatable bonds is 8. The van der Waals surface area contributed by atoms with Crippen LogP contribution in [0.4, 0.5) is 4.79 Å². The second-order valence-electron chi connectivity index (χ2n) is 9.35. The van der Waals surface area contributed by atoms with Gasteiger partial charge in [0.05, 0.1) is 27.4 Å². The zero-order valence-electron chi connectivity index (χ0n) is 21.2. The van der Waals surface area contributed by atoms with Crippen LogP contribution in [0, 0.1) is 0 Å². The molecule has 0 spiro atoms. The van der Waals surface area contributed by atoms with Crippen LogP contribution in [0.1, 0.15) is 31.9 Å². The normalized spacial score (nSPS) is 21.6. The quantitative estimate of drug-likeness (QED) is 0.402. The van der Waals surface area contributed by atoms with Crippen molar-refractivity contribution in [1.29, 1.82) is 0 Å². The van der Waals surface area contributed by atoms with E-state index in [1.54, 1.807) is 20.8 Å². The third-order valence-electron chi connectivity index (χ3n) is 5.61. The van der Waals surface area contributed by atoms with Crippen LogP contribution in [-0.4, -0.2) is 67.0 Å². The first kappa shape index (κ1) is 27.2. The molecule has 9 heteroatoms. The van der Waals surface area contributed by atoms with Gasteiger partial charge in [-0.25, -0.2) is 14.4 Å². The van der Waals surface area contributed by atoms with E-state index in [1.807, 2.05) is 60.7 Å². The second kappa shape index (κ2) is 12.0. The van der Waals surface area contributed by atoms with E-state index in [0.29, 0.717) is 0 Å². The second-order valence-corrected chi connectivity index (χ2v) is 9.35. The van der Waals surface area contributed by atoms with Crippen LogP contribution in [0.25, 0.3) is 0 Å². The highest BCUT2D eigenvalue weighted by Gasteiger charge is 2.60. The number of benzene rings is 2. The average Bonchev–Trinajstić information content (AvgIpc) is 3.19. The minimum absolute atomic E-state index is 0.111. The third-order valence-corrected chi connectivity index (χ3v) is 5.61. The van der Waals surface area contributed by atoms with E-state index in [-0.39, 0.29) is 13.2 Å². The van der Waals surface area contributed by atoms with Crippen LogP contribution in [0.3, 0.4) is 0 Å². The lowest BCUT2D eigenvalue weighted by atomic mass is 10.1. The van der Waals surface area contributed by atoms with Gasteiger partial charge in [0.15, 0.2) is 12.1 Å². The summed E-state index contributed by atoms with van der Waals surface area (Å²) in [5, 5.41) is 0. The highest BCUT2D eigenvalue weighted by Crippen LogP contribution is 2.34. The number of esters is 2. The van der Waals surface area contributed by atoms with Crippen LogP contribution < -0.4 is 0 Å². The molecular formula is C27H33NO8. The number of likely N-dealkylation sites (tertiary alicyclic amines) is 1. The number of amides is 1. The SMILES string of the molecule is COC(=O)[C@H]1[C@@H](OCc2ccccc2)[C@H](OCc2ccccc2)[C@H](C(=O)OC)N1C(=O)OC(C)(C)C. The van der Waals surface area contributed by atoms with E-state index in [1.165, 1.54) is 14.2 Å². The van der Waals surface area contributed by atoms with E-state index in [9.17, 15) is 14.4 Å². The lowest BCUT2D eigenvalue weighted by molar-refractivity contribution is -0.152. The van der Waals surface area contributed by atoms with Crippen LogP contribution in [0.2, 0.25) is 0 Å².